The minimum atomic E-state index is -0.248. The van der Waals surface area contributed by atoms with Crippen molar-refractivity contribution in [2.75, 3.05) is 26.2 Å². The molecule has 31 heavy (non-hydrogen) atoms. The molecule has 0 saturated carbocycles. The first-order chi connectivity index (χ1) is 14.8. The highest BCUT2D eigenvalue weighted by Crippen LogP contribution is 2.31. The van der Waals surface area contributed by atoms with Crippen LogP contribution in [0.15, 0.2) is 42.6 Å². The van der Waals surface area contributed by atoms with Gasteiger partial charge in [0.05, 0.1) is 10.5 Å². The van der Waals surface area contributed by atoms with Gasteiger partial charge in [-0.05, 0) is 41.8 Å². The lowest BCUT2D eigenvalue weighted by atomic mass is 10.0. The molecule has 1 aliphatic heterocycles. The van der Waals surface area contributed by atoms with E-state index >= 15 is 4.39 Å². The zero-order valence-electron chi connectivity index (χ0n) is 18.2. The van der Waals surface area contributed by atoms with Crippen LogP contribution in [0.25, 0.3) is 22.0 Å². The normalized spacial score (nSPS) is 15.1. The molecule has 0 atom stereocenters. The van der Waals surface area contributed by atoms with Gasteiger partial charge in [0, 0.05) is 55.8 Å². The number of nitrogens with zero attached hydrogens (tertiary/aromatic N) is 3. The van der Waals surface area contributed by atoms with Crippen molar-refractivity contribution in [1.82, 2.24) is 14.8 Å². The maximum atomic E-state index is 15.0. The maximum absolute atomic E-state index is 15.0. The van der Waals surface area contributed by atoms with Crippen molar-refractivity contribution in [2.24, 2.45) is 5.92 Å². The third-order valence-electron chi connectivity index (χ3n) is 5.91. The van der Waals surface area contributed by atoms with Crippen LogP contribution in [-0.4, -0.2) is 46.9 Å². The summed E-state index contributed by atoms with van der Waals surface area (Å²) in [6.45, 7) is 9.50. The fourth-order valence-corrected chi connectivity index (χ4v) is 4.27. The van der Waals surface area contributed by atoms with Crippen LogP contribution in [0.4, 0.5) is 4.39 Å². The Morgan fingerprint density at radius 2 is 1.87 bits per heavy atom. The molecule has 1 aliphatic rings. The highest BCUT2D eigenvalue weighted by Gasteiger charge is 2.23. The topological polar surface area (TPSA) is 36.4 Å². The van der Waals surface area contributed by atoms with E-state index in [-0.39, 0.29) is 17.6 Å². The average molecular weight is 440 g/mol. The maximum Gasteiger partial charge on any atom is 0.225 e. The summed E-state index contributed by atoms with van der Waals surface area (Å²) in [5, 5.41) is 1.48. The lowest BCUT2D eigenvalue weighted by molar-refractivity contribution is -0.136. The van der Waals surface area contributed by atoms with Gasteiger partial charge in [-0.15, -0.1) is 0 Å². The summed E-state index contributed by atoms with van der Waals surface area (Å²) in [6.07, 6.45) is 1.75. The van der Waals surface area contributed by atoms with Crippen LogP contribution in [0.3, 0.4) is 0 Å². The lowest BCUT2D eigenvalue weighted by Gasteiger charge is -2.35. The van der Waals surface area contributed by atoms with Crippen molar-refractivity contribution < 1.29 is 9.18 Å². The highest BCUT2D eigenvalue weighted by atomic mass is 35.5. The van der Waals surface area contributed by atoms with Crippen molar-refractivity contribution >= 4 is 28.4 Å². The number of piperazine rings is 1. The van der Waals surface area contributed by atoms with Gasteiger partial charge >= 0.3 is 0 Å². The number of carbonyl (C=O) groups excluding carboxylic acids is 1. The number of hydrogen-bond acceptors (Lipinski definition) is 3. The molecule has 0 radical (unpaired) electrons. The number of pyridine rings is 1. The predicted octanol–water partition coefficient (Wildman–Crippen LogP) is 5.30. The van der Waals surface area contributed by atoms with Gasteiger partial charge in [-0.2, -0.15) is 0 Å². The fourth-order valence-electron chi connectivity index (χ4n) is 4.07. The monoisotopic (exact) mass is 439 g/mol. The summed E-state index contributed by atoms with van der Waals surface area (Å²) in [5.74, 6) is -0.0176. The summed E-state index contributed by atoms with van der Waals surface area (Å²) in [6, 6.07) is 11.1. The number of rotatable bonds is 4. The average Bonchev–Trinajstić information content (AvgIpc) is 2.76. The number of fused-ring (bicyclic) bond motifs is 1. The van der Waals surface area contributed by atoms with Crippen molar-refractivity contribution in [3.8, 4) is 11.1 Å². The summed E-state index contributed by atoms with van der Waals surface area (Å²) >= 11 is 6.44. The largest absolute Gasteiger partial charge is 0.340 e. The van der Waals surface area contributed by atoms with E-state index in [1.54, 1.807) is 12.3 Å². The summed E-state index contributed by atoms with van der Waals surface area (Å²) in [5.41, 5.74) is 3.97. The predicted molar refractivity (Wildman–Crippen MR) is 124 cm³/mol. The highest BCUT2D eigenvalue weighted by molar-refractivity contribution is 6.36. The van der Waals surface area contributed by atoms with Gasteiger partial charge in [-0.25, -0.2) is 4.39 Å². The SMILES string of the molecule is Cc1cnc2ccc(-c3ccc(CN4CCN(C(=O)C(C)C)CC4)cc3F)cc2c1Cl. The van der Waals surface area contributed by atoms with Gasteiger partial charge in [0.15, 0.2) is 0 Å². The molecule has 0 N–H and O–H groups in total. The van der Waals surface area contributed by atoms with E-state index in [4.69, 9.17) is 11.6 Å². The van der Waals surface area contributed by atoms with Gasteiger partial charge in [0.2, 0.25) is 5.91 Å². The van der Waals surface area contributed by atoms with E-state index in [2.05, 4.69) is 9.88 Å². The van der Waals surface area contributed by atoms with Gasteiger partial charge in [0.25, 0.3) is 0 Å². The first-order valence-corrected chi connectivity index (χ1v) is 11.1. The molecule has 0 spiro atoms. The second-order valence-corrected chi connectivity index (χ2v) is 8.94. The molecule has 2 aromatic carbocycles. The Kier molecular flexibility index (Phi) is 6.26. The number of aromatic nitrogens is 1. The molecule has 2 heterocycles. The minimum absolute atomic E-state index is 0.0258. The molecule has 0 unspecified atom stereocenters. The molecule has 6 heteroatoms. The fraction of sp³-hybridized carbons (Fsp3) is 0.360. The summed E-state index contributed by atoms with van der Waals surface area (Å²) in [7, 11) is 0. The Hall–Kier alpha value is -2.50. The zero-order chi connectivity index (χ0) is 22.1. The van der Waals surface area contributed by atoms with E-state index in [1.807, 2.05) is 56.0 Å². The third kappa shape index (κ3) is 4.58. The second kappa shape index (κ2) is 8.93. The Morgan fingerprint density at radius 1 is 1.13 bits per heavy atom. The van der Waals surface area contributed by atoms with Crippen LogP contribution >= 0.6 is 11.6 Å². The standard InChI is InChI=1S/C25H27ClFN3O/c1-16(2)25(31)30-10-8-29(9-11-30)15-18-4-6-20(22(27)12-18)19-5-7-23-21(13-19)24(26)17(3)14-28-23/h4-7,12-14,16H,8-11,15H2,1-3H3. The minimum Gasteiger partial charge on any atom is -0.340 e. The van der Waals surface area contributed by atoms with Gasteiger partial charge < -0.3 is 4.90 Å². The molecule has 1 aromatic heterocycles. The number of benzene rings is 2. The Labute approximate surface area is 187 Å². The molecule has 4 nitrogen and oxygen atoms in total. The lowest BCUT2D eigenvalue weighted by Crippen LogP contribution is -2.49. The van der Waals surface area contributed by atoms with Crippen LogP contribution < -0.4 is 0 Å². The van der Waals surface area contributed by atoms with E-state index in [9.17, 15) is 4.79 Å². The molecule has 1 fully saturated rings. The Morgan fingerprint density at radius 3 is 2.55 bits per heavy atom. The van der Waals surface area contributed by atoms with Crippen LogP contribution in [0, 0.1) is 18.7 Å². The molecule has 1 saturated heterocycles. The summed E-state index contributed by atoms with van der Waals surface area (Å²) in [4.78, 5) is 20.7. The van der Waals surface area contributed by atoms with Crippen molar-refractivity contribution in [3.63, 3.8) is 0 Å². The smallest absolute Gasteiger partial charge is 0.225 e. The molecule has 162 valence electrons. The van der Waals surface area contributed by atoms with E-state index in [1.165, 1.54) is 0 Å². The van der Waals surface area contributed by atoms with Crippen LogP contribution in [-0.2, 0) is 11.3 Å². The molecular formula is C25H27ClFN3O. The second-order valence-electron chi connectivity index (χ2n) is 8.56. The number of halogens is 2. The number of amides is 1. The summed E-state index contributed by atoms with van der Waals surface area (Å²) < 4.78 is 15.0. The first-order valence-electron chi connectivity index (χ1n) is 10.7. The number of aryl methyl sites for hydroxylation is 1. The third-order valence-corrected chi connectivity index (χ3v) is 6.41. The van der Waals surface area contributed by atoms with Crippen LogP contribution in [0.5, 0.6) is 0 Å². The Balaban J connectivity index is 1.48. The van der Waals surface area contributed by atoms with Gasteiger partial charge in [-0.1, -0.05) is 43.6 Å². The Bertz CT molecular complexity index is 1120. The van der Waals surface area contributed by atoms with Crippen LogP contribution in [0.1, 0.15) is 25.0 Å². The zero-order valence-corrected chi connectivity index (χ0v) is 18.9. The van der Waals surface area contributed by atoms with Crippen molar-refractivity contribution in [1.29, 1.82) is 0 Å². The van der Waals surface area contributed by atoms with Gasteiger partial charge in [-0.3, -0.25) is 14.7 Å². The van der Waals surface area contributed by atoms with E-state index < -0.39 is 0 Å². The van der Waals surface area contributed by atoms with E-state index in [0.717, 1.165) is 53.8 Å². The number of hydrogen-bond donors (Lipinski definition) is 0. The van der Waals surface area contributed by atoms with Gasteiger partial charge in [0.1, 0.15) is 5.82 Å². The molecule has 1 amide bonds. The molecule has 0 bridgehead atoms. The van der Waals surface area contributed by atoms with E-state index in [0.29, 0.717) is 17.1 Å². The first kappa shape index (κ1) is 21.7. The van der Waals surface area contributed by atoms with Crippen molar-refractivity contribution in [3.05, 3.63) is 64.6 Å². The quantitative estimate of drug-likeness (QED) is 0.553. The number of carbonyl (C=O) groups is 1. The molecule has 4 rings (SSSR count). The molecule has 3 aromatic rings. The van der Waals surface area contributed by atoms with Crippen LogP contribution in [0.2, 0.25) is 5.02 Å². The molecule has 0 aliphatic carbocycles. The molecular weight excluding hydrogens is 413 g/mol. The van der Waals surface area contributed by atoms with Crippen molar-refractivity contribution in [2.45, 2.75) is 27.3 Å².